The highest BCUT2D eigenvalue weighted by atomic mass is 32.2. The first-order valence-electron chi connectivity index (χ1n) is 5.58. The Morgan fingerprint density at radius 3 is 2.65 bits per heavy atom. The van der Waals surface area contributed by atoms with E-state index < -0.39 is 32.7 Å². The second-order valence-corrected chi connectivity index (χ2v) is 6.80. The fourth-order valence-corrected chi connectivity index (χ4v) is 4.18. The van der Waals surface area contributed by atoms with Gasteiger partial charge in [0.05, 0.1) is 24.3 Å². The van der Waals surface area contributed by atoms with Crippen LogP contribution >= 0.6 is 0 Å². The maximum atomic E-state index is 12.0. The first-order chi connectivity index (χ1) is 7.90. The molecule has 1 aliphatic rings. The van der Waals surface area contributed by atoms with Crippen LogP contribution in [0, 0.1) is 23.2 Å². The SMILES string of the molecule is COC(=O)CS(=O)(=O)C1CC(C)CCC1C#N. The van der Waals surface area contributed by atoms with Gasteiger partial charge in [0.1, 0.15) is 5.75 Å². The van der Waals surface area contributed by atoms with E-state index in [-0.39, 0.29) is 5.92 Å². The Morgan fingerprint density at radius 2 is 2.12 bits per heavy atom. The molecule has 0 saturated heterocycles. The quantitative estimate of drug-likeness (QED) is 0.703. The maximum Gasteiger partial charge on any atom is 0.320 e. The minimum atomic E-state index is -3.59. The molecule has 5 nitrogen and oxygen atoms in total. The zero-order valence-corrected chi connectivity index (χ0v) is 10.9. The van der Waals surface area contributed by atoms with Crippen LogP contribution in [0.5, 0.6) is 0 Å². The van der Waals surface area contributed by atoms with Crippen LogP contribution < -0.4 is 0 Å². The summed E-state index contributed by atoms with van der Waals surface area (Å²) in [5, 5.41) is 8.25. The van der Waals surface area contributed by atoms with Gasteiger partial charge in [-0.05, 0) is 25.2 Å². The van der Waals surface area contributed by atoms with Gasteiger partial charge in [-0.2, -0.15) is 5.26 Å². The van der Waals surface area contributed by atoms with Gasteiger partial charge in [0.15, 0.2) is 9.84 Å². The van der Waals surface area contributed by atoms with Crippen LogP contribution in [0.1, 0.15) is 26.2 Å². The Morgan fingerprint density at radius 1 is 1.47 bits per heavy atom. The molecule has 0 aromatic heterocycles. The number of ether oxygens (including phenoxy) is 1. The van der Waals surface area contributed by atoms with Crippen molar-refractivity contribution in [2.45, 2.75) is 31.4 Å². The summed E-state index contributed by atoms with van der Waals surface area (Å²) >= 11 is 0. The average molecular weight is 259 g/mol. The van der Waals surface area contributed by atoms with Gasteiger partial charge in [0, 0.05) is 0 Å². The van der Waals surface area contributed by atoms with Gasteiger partial charge in [-0.1, -0.05) is 6.92 Å². The molecule has 3 unspecified atom stereocenters. The van der Waals surface area contributed by atoms with Gasteiger partial charge >= 0.3 is 5.97 Å². The lowest BCUT2D eigenvalue weighted by Crippen LogP contribution is -2.38. The van der Waals surface area contributed by atoms with Gasteiger partial charge in [-0.25, -0.2) is 8.42 Å². The molecule has 0 bridgehead atoms. The van der Waals surface area contributed by atoms with E-state index in [2.05, 4.69) is 4.74 Å². The Kier molecular flexibility index (Phi) is 4.52. The number of methoxy groups -OCH3 is 1. The van der Waals surface area contributed by atoms with Crippen LogP contribution in [0.3, 0.4) is 0 Å². The van der Waals surface area contributed by atoms with E-state index in [4.69, 9.17) is 5.26 Å². The number of sulfone groups is 1. The van der Waals surface area contributed by atoms with Crippen molar-refractivity contribution in [2.24, 2.45) is 11.8 Å². The van der Waals surface area contributed by atoms with Crippen molar-refractivity contribution in [2.75, 3.05) is 12.9 Å². The van der Waals surface area contributed by atoms with Gasteiger partial charge < -0.3 is 4.74 Å². The van der Waals surface area contributed by atoms with Crippen LogP contribution in [0.15, 0.2) is 0 Å². The normalized spacial score (nSPS) is 29.4. The molecule has 0 aromatic carbocycles. The summed E-state index contributed by atoms with van der Waals surface area (Å²) in [5.74, 6) is -1.61. The maximum absolute atomic E-state index is 12.0. The summed E-state index contributed by atoms with van der Waals surface area (Å²) in [4.78, 5) is 11.1. The van der Waals surface area contributed by atoms with E-state index in [0.29, 0.717) is 12.8 Å². The van der Waals surface area contributed by atoms with Crippen LogP contribution in [-0.2, 0) is 19.4 Å². The highest BCUT2D eigenvalue weighted by Crippen LogP contribution is 2.33. The number of rotatable bonds is 3. The van der Waals surface area contributed by atoms with Crippen molar-refractivity contribution in [3.63, 3.8) is 0 Å². The van der Waals surface area contributed by atoms with Crippen molar-refractivity contribution in [1.82, 2.24) is 0 Å². The van der Waals surface area contributed by atoms with Crippen LogP contribution in [0.2, 0.25) is 0 Å². The third kappa shape index (κ3) is 3.43. The lowest BCUT2D eigenvalue weighted by molar-refractivity contribution is -0.137. The monoisotopic (exact) mass is 259 g/mol. The predicted octanol–water partition coefficient (Wildman–Crippen LogP) is 0.903. The van der Waals surface area contributed by atoms with Crippen molar-refractivity contribution < 1.29 is 17.9 Å². The molecule has 1 aliphatic carbocycles. The fourth-order valence-electron chi connectivity index (χ4n) is 2.20. The van der Waals surface area contributed by atoms with Crippen LogP contribution in [0.25, 0.3) is 0 Å². The summed E-state index contributed by atoms with van der Waals surface area (Å²) in [6.45, 7) is 1.97. The molecule has 0 N–H and O–H groups in total. The molecular weight excluding hydrogens is 242 g/mol. The Bertz CT molecular complexity index is 423. The Labute approximate surface area is 102 Å². The fraction of sp³-hybridized carbons (Fsp3) is 0.818. The summed E-state index contributed by atoms with van der Waals surface area (Å²) in [6.07, 6.45) is 1.91. The third-order valence-electron chi connectivity index (χ3n) is 3.23. The largest absolute Gasteiger partial charge is 0.468 e. The van der Waals surface area contributed by atoms with E-state index in [1.807, 2.05) is 13.0 Å². The predicted molar refractivity (Wildman–Crippen MR) is 61.7 cm³/mol. The molecule has 0 radical (unpaired) electrons. The molecule has 6 heteroatoms. The summed E-state index contributed by atoms with van der Waals surface area (Å²) < 4.78 is 28.4. The highest BCUT2D eigenvalue weighted by molar-refractivity contribution is 7.92. The van der Waals surface area contributed by atoms with E-state index in [0.717, 1.165) is 13.5 Å². The zero-order valence-electron chi connectivity index (χ0n) is 10.0. The Balaban J connectivity index is 2.87. The summed E-state index contributed by atoms with van der Waals surface area (Å²) in [5.41, 5.74) is 0. The number of nitrogens with zero attached hydrogens (tertiary/aromatic N) is 1. The van der Waals surface area contributed by atoms with E-state index in [1.165, 1.54) is 0 Å². The van der Waals surface area contributed by atoms with Crippen molar-refractivity contribution in [3.8, 4) is 6.07 Å². The second-order valence-electron chi connectivity index (χ2n) is 4.58. The molecule has 0 aliphatic heterocycles. The average Bonchev–Trinajstić information content (AvgIpc) is 2.28. The lowest BCUT2D eigenvalue weighted by atomic mass is 9.83. The molecule has 0 amide bonds. The molecule has 1 rings (SSSR count). The zero-order chi connectivity index (χ0) is 13.1. The van der Waals surface area contributed by atoms with Gasteiger partial charge in [0.2, 0.25) is 0 Å². The standard InChI is InChI=1S/C11H17NO4S/c1-8-3-4-9(6-12)10(5-8)17(14,15)7-11(13)16-2/h8-10H,3-5,7H2,1-2H3. The van der Waals surface area contributed by atoms with E-state index >= 15 is 0 Å². The lowest BCUT2D eigenvalue weighted by Gasteiger charge is -2.30. The molecule has 0 heterocycles. The molecule has 1 saturated carbocycles. The van der Waals surface area contributed by atoms with Crippen LogP contribution in [-0.4, -0.2) is 32.5 Å². The molecule has 96 valence electrons. The van der Waals surface area contributed by atoms with Gasteiger partial charge in [-0.3, -0.25) is 4.79 Å². The van der Waals surface area contributed by atoms with Gasteiger partial charge in [-0.15, -0.1) is 0 Å². The third-order valence-corrected chi connectivity index (χ3v) is 5.31. The van der Waals surface area contributed by atoms with Gasteiger partial charge in [0.25, 0.3) is 0 Å². The molecule has 3 atom stereocenters. The van der Waals surface area contributed by atoms with E-state index in [1.54, 1.807) is 0 Å². The van der Waals surface area contributed by atoms with Crippen molar-refractivity contribution in [1.29, 1.82) is 5.26 Å². The smallest absolute Gasteiger partial charge is 0.320 e. The summed E-state index contributed by atoms with van der Waals surface area (Å²) in [7, 11) is -2.43. The molecular formula is C11H17NO4S. The molecule has 1 fully saturated rings. The molecule has 0 aromatic rings. The minimum absolute atomic E-state index is 0.275. The number of nitriles is 1. The number of esters is 1. The number of hydrogen-bond acceptors (Lipinski definition) is 5. The number of carbonyl (C=O) groups excluding carboxylic acids is 1. The van der Waals surface area contributed by atoms with Crippen molar-refractivity contribution >= 4 is 15.8 Å². The number of hydrogen-bond donors (Lipinski definition) is 0. The molecule has 17 heavy (non-hydrogen) atoms. The topological polar surface area (TPSA) is 84.2 Å². The minimum Gasteiger partial charge on any atom is -0.468 e. The van der Waals surface area contributed by atoms with E-state index in [9.17, 15) is 13.2 Å². The Hall–Kier alpha value is -1.09. The number of carbonyl (C=O) groups is 1. The first-order valence-corrected chi connectivity index (χ1v) is 7.30. The molecule has 0 spiro atoms. The van der Waals surface area contributed by atoms with Crippen LogP contribution in [0.4, 0.5) is 0 Å². The van der Waals surface area contributed by atoms with Crippen molar-refractivity contribution in [3.05, 3.63) is 0 Å². The summed E-state index contributed by atoms with van der Waals surface area (Å²) in [6, 6.07) is 2.04. The first kappa shape index (κ1) is 14.0. The second kappa shape index (κ2) is 5.50. The highest BCUT2D eigenvalue weighted by Gasteiger charge is 2.39.